The SMILES string of the molecule is CCC1(C(=O)O)CCN(C2CCCCCC2)C1. The Labute approximate surface area is 104 Å². The highest BCUT2D eigenvalue weighted by molar-refractivity contribution is 5.75. The first-order valence-corrected chi connectivity index (χ1v) is 7.15. The van der Waals surface area contributed by atoms with E-state index in [9.17, 15) is 9.90 Å². The van der Waals surface area contributed by atoms with Crippen LogP contribution in [0.1, 0.15) is 58.3 Å². The summed E-state index contributed by atoms with van der Waals surface area (Å²) >= 11 is 0. The van der Waals surface area contributed by atoms with Gasteiger partial charge in [-0.2, -0.15) is 0 Å². The van der Waals surface area contributed by atoms with Gasteiger partial charge in [0.2, 0.25) is 0 Å². The molecule has 3 nitrogen and oxygen atoms in total. The van der Waals surface area contributed by atoms with Crippen LogP contribution in [0.4, 0.5) is 0 Å². The molecule has 0 aromatic carbocycles. The maximum atomic E-state index is 11.4. The lowest BCUT2D eigenvalue weighted by atomic mass is 9.84. The van der Waals surface area contributed by atoms with Crippen molar-refractivity contribution in [2.45, 2.75) is 64.3 Å². The predicted molar refractivity (Wildman–Crippen MR) is 68.0 cm³/mol. The summed E-state index contributed by atoms with van der Waals surface area (Å²) in [4.78, 5) is 13.9. The first kappa shape index (κ1) is 12.9. The summed E-state index contributed by atoms with van der Waals surface area (Å²) in [5.41, 5.74) is -0.452. The van der Waals surface area contributed by atoms with E-state index < -0.39 is 11.4 Å². The molecule has 1 N–H and O–H groups in total. The van der Waals surface area contributed by atoms with Crippen LogP contribution in [0.25, 0.3) is 0 Å². The molecule has 0 spiro atoms. The van der Waals surface area contributed by atoms with Gasteiger partial charge in [0.1, 0.15) is 0 Å². The zero-order valence-corrected chi connectivity index (χ0v) is 11.0. The van der Waals surface area contributed by atoms with Gasteiger partial charge in [0, 0.05) is 12.6 Å². The van der Waals surface area contributed by atoms with Gasteiger partial charge < -0.3 is 5.11 Å². The van der Waals surface area contributed by atoms with Crippen molar-refractivity contribution in [3.05, 3.63) is 0 Å². The van der Waals surface area contributed by atoms with E-state index in [1.165, 1.54) is 38.5 Å². The van der Waals surface area contributed by atoms with Crippen LogP contribution in [-0.2, 0) is 4.79 Å². The third kappa shape index (κ3) is 2.65. The summed E-state index contributed by atoms with van der Waals surface area (Å²) in [5, 5.41) is 9.41. The lowest BCUT2D eigenvalue weighted by molar-refractivity contribution is -0.148. The minimum atomic E-state index is -0.587. The van der Waals surface area contributed by atoms with E-state index in [4.69, 9.17) is 0 Å². The highest BCUT2D eigenvalue weighted by Crippen LogP contribution is 2.37. The van der Waals surface area contributed by atoms with Crippen molar-refractivity contribution < 1.29 is 9.90 Å². The summed E-state index contributed by atoms with van der Waals surface area (Å²) in [6.45, 7) is 3.79. The Hall–Kier alpha value is -0.570. The van der Waals surface area contributed by atoms with Gasteiger partial charge in [0.25, 0.3) is 0 Å². The second-order valence-corrected chi connectivity index (χ2v) is 5.80. The Morgan fingerprint density at radius 1 is 1.29 bits per heavy atom. The Bertz CT molecular complexity index is 271. The number of carboxylic acid groups (broad SMARTS) is 1. The molecule has 1 atom stereocenters. The van der Waals surface area contributed by atoms with Crippen LogP contribution in [0.15, 0.2) is 0 Å². The fraction of sp³-hybridized carbons (Fsp3) is 0.929. The molecule has 0 aromatic heterocycles. The Morgan fingerprint density at radius 3 is 2.41 bits per heavy atom. The van der Waals surface area contributed by atoms with E-state index in [1.807, 2.05) is 6.92 Å². The zero-order valence-electron chi connectivity index (χ0n) is 11.0. The molecule has 1 unspecified atom stereocenters. The highest BCUT2D eigenvalue weighted by Gasteiger charge is 2.44. The molecule has 1 heterocycles. The molecular weight excluding hydrogens is 214 g/mol. The molecule has 0 amide bonds. The number of aliphatic carboxylic acids is 1. The van der Waals surface area contributed by atoms with Gasteiger partial charge in [-0.1, -0.05) is 32.6 Å². The van der Waals surface area contributed by atoms with Crippen LogP contribution in [-0.4, -0.2) is 35.1 Å². The van der Waals surface area contributed by atoms with Crippen molar-refractivity contribution in [3.8, 4) is 0 Å². The number of rotatable bonds is 3. The third-order valence-electron chi connectivity index (χ3n) is 4.85. The molecule has 17 heavy (non-hydrogen) atoms. The summed E-state index contributed by atoms with van der Waals surface area (Å²) in [5.74, 6) is -0.587. The first-order valence-electron chi connectivity index (χ1n) is 7.15. The molecule has 2 rings (SSSR count). The van der Waals surface area contributed by atoms with Crippen LogP contribution in [0.5, 0.6) is 0 Å². The second kappa shape index (κ2) is 5.38. The molecule has 1 saturated carbocycles. The Kier molecular flexibility index (Phi) is 4.08. The fourth-order valence-electron chi connectivity index (χ4n) is 3.45. The average Bonchev–Trinajstić information content (AvgIpc) is 2.59. The average molecular weight is 239 g/mol. The largest absolute Gasteiger partial charge is 0.481 e. The van der Waals surface area contributed by atoms with Crippen LogP contribution < -0.4 is 0 Å². The minimum Gasteiger partial charge on any atom is -0.481 e. The normalized spacial score (nSPS) is 32.5. The van der Waals surface area contributed by atoms with Crippen molar-refractivity contribution in [2.75, 3.05) is 13.1 Å². The maximum Gasteiger partial charge on any atom is 0.310 e. The van der Waals surface area contributed by atoms with Gasteiger partial charge in [0.15, 0.2) is 0 Å². The fourth-order valence-corrected chi connectivity index (χ4v) is 3.45. The first-order chi connectivity index (χ1) is 8.18. The van der Waals surface area contributed by atoms with Crippen molar-refractivity contribution in [1.29, 1.82) is 0 Å². The number of hydrogen-bond acceptors (Lipinski definition) is 2. The number of likely N-dealkylation sites (tertiary alicyclic amines) is 1. The molecule has 2 fully saturated rings. The molecule has 1 aliphatic heterocycles. The van der Waals surface area contributed by atoms with Gasteiger partial charge in [-0.3, -0.25) is 9.69 Å². The quantitative estimate of drug-likeness (QED) is 0.770. The summed E-state index contributed by atoms with van der Waals surface area (Å²) in [7, 11) is 0. The zero-order chi connectivity index (χ0) is 12.3. The van der Waals surface area contributed by atoms with Gasteiger partial charge in [0.05, 0.1) is 5.41 Å². The molecule has 1 aliphatic carbocycles. The predicted octanol–water partition coefficient (Wildman–Crippen LogP) is 2.90. The molecule has 0 aromatic rings. The van der Waals surface area contributed by atoms with Gasteiger partial charge in [-0.15, -0.1) is 0 Å². The standard InChI is InChI=1S/C14H25NO2/c1-2-14(13(16)17)9-10-15(11-14)12-7-5-3-4-6-8-12/h12H,2-11H2,1H3,(H,16,17). The van der Waals surface area contributed by atoms with E-state index in [0.29, 0.717) is 6.04 Å². The molecule has 2 aliphatic rings. The molecular formula is C14H25NO2. The number of carbonyl (C=O) groups is 1. The molecule has 0 radical (unpaired) electrons. The van der Waals surface area contributed by atoms with Crippen LogP contribution in [0, 0.1) is 5.41 Å². The lowest BCUT2D eigenvalue weighted by Gasteiger charge is -2.29. The van der Waals surface area contributed by atoms with Crippen molar-refractivity contribution in [2.24, 2.45) is 5.41 Å². The summed E-state index contributed by atoms with van der Waals surface area (Å²) in [6.07, 6.45) is 9.55. The smallest absolute Gasteiger partial charge is 0.310 e. The van der Waals surface area contributed by atoms with Crippen LogP contribution in [0.3, 0.4) is 0 Å². The highest BCUT2D eigenvalue weighted by atomic mass is 16.4. The second-order valence-electron chi connectivity index (χ2n) is 5.80. The van der Waals surface area contributed by atoms with Crippen molar-refractivity contribution in [3.63, 3.8) is 0 Å². The van der Waals surface area contributed by atoms with Crippen molar-refractivity contribution >= 4 is 5.97 Å². The Morgan fingerprint density at radius 2 is 1.94 bits per heavy atom. The summed E-state index contributed by atoms with van der Waals surface area (Å²) < 4.78 is 0. The van der Waals surface area contributed by atoms with E-state index in [2.05, 4.69) is 4.90 Å². The minimum absolute atomic E-state index is 0.452. The molecule has 0 bridgehead atoms. The molecule has 1 saturated heterocycles. The lowest BCUT2D eigenvalue weighted by Crippen LogP contribution is -2.38. The number of nitrogens with zero attached hydrogens (tertiary/aromatic N) is 1. The van der Waals surface area contributed by atoms with Crippen LogP contribution in [0.2, 0.25) is 0 Å². The number of carboxylic acids is 1. The topological polar surface area (TPSA) is 40.5 Å². The maximum absolute atomic E-state index is 11.4. The van der Waals surface area contributed by atoms with Crippen molar-refractivity contribution in [1.82, 2.24) is 4.90 Å². The van der Waals surface area contributed by atoms with Gasteiger partial charge in [-0.05, 0) is 32.2 Å². The molecule has 3 heteroatoms. The monoisotopic (exact) mass is 239 g/mol. The third-order valence-corrected chi connectivity index (χ3v) is 4.85. The Balaban J connectivity index is 1.98. The van der Waals surface area contributed by atoms with E-state index in [0.717, 1.165) is 25.9 Å². The van der Waals surface area contributed by atoms with Crippen LogP contribution >= 0.6 is 0 Å². The van der Waals surface area contributed by atoms with E-state index in [1.54, 1.807) is 0 Å². The van der Waals surface area contributed by atoms with E-state index in [-0.39, 0.29) is 0 Å². The molecule has 98 valence electrons. The van der Waals surface area contributed by atoms with Gasteiger partial charge >= 0.3 is 5.97 Å². The van der Waals surface area contributed by atoms with Gasteiger partial charge in [-0.25, -0.2) is 0 Å². The number of hydrogen-bond donors (Lipinski definition) is 1. The van der Waals surface area contributed by atoms with E-state index >= 15 is 0 Å². The summed E-state index contributed by atoms with van der Waals surface area (Å²) in [6, 6.07) is 0.658.